The van der Waals surface area contributed by atoms with Crippen LogP contribution in [0, 0.1) is 12.7 Å². The first-order chi connectivity index (χ1) is 16.0. The van der Waals surface area contributed by atoms with Crippen molar-refractivity contribution < 1.29 is 14.0 Å². The van der Waals surface area contributed by atoms with E-state index in [1.807, 2.05) is 30.3 Å². The number of aryl methyl sites for hydroxylation is 2. The average Bonchev–Trinajstić information content (AvgIpc) is 3.32. The van der Waals surface area contributed by atoms with Crippen molar-refractivity contribution in [2.24, 2.45) is 0 Å². The van der Waals surface area contributed by atoms with Gasteiger partial charge in [0, 0.05) is 25.7 Å². The van der Waals surface area contributed by atoms with Crippen LogP contribution in [0.15, 0.2) is 60.8 Å². The lowest BCUT2D eigenvalue weighted by Gasteiger charge is -2.26. The highest BCUT2D eigenvalue weighted by molar-refractivity contribution is 5.95. The Balaban J connectivity index is 1.49. The van der Waals surface area contributed by atoms with E-state index in [-0.39, 0.29) is 30.1 Å². The summed E-state index contributed by atoms with van der Waals surface area (Å²) in [4.78, 5) is 36.6. The summed E-state index contributed by atoms with van der Waals surface area (Å²) >= 11 is 0. The topological polar surface area (TPSA) is 75.2 Å². The second-order valence-corrected chi connectivity index (χ2v) is 8.22. The summed E-state index contributed by atoms with van der Waals surface area (Å²) < 4.78 is 14.0. The number of carbonyl (C=O) groups excluding carboxylic acids is 2. The molecule has 3 aromatic rings. The molecule has 0 bridgehead atoms. The molecule has 2 amide bonds. The normalized spacial score (nSPS) is 15.5. The molecule has 1 unspecified atom stereocenters. The molecule has 2 aromatic carbocycles. The quantitative estimate of drug-likeness (QED) is 0.592. The summed E-state index contributed by atoms with van der Waals surface area (Å²) in [6.45, 7) is 2.76. The van der Waals surface area contributed by atoms with Crippen molar-refractivity contribution in [2.75, 3.05) is 6.54 Å². The highest BCUT2D eigenvalue weighted by Gasteiger charge is 2.33. The van der Waals surface area contributed by atoms with Gasteiger partial charge in [-0.1, -0.05) is 48.5 Å². The van der Waals surface area contributed by atoms with Crippen molar-refractivity contribution >= 4 is 11.8 Å². The Bertz CT molecular complexity index is 1140. The van der Waals surface area contributed by atoms with Gasteiger partial charge < -0.3 is 10.2 Å². The maximum absolute atomic E-state index is 14.0. The van der Waals surface area contributed by atoms with Gasteiger partial charge in [-0.05, 0) is 43.4 Å². The number of nitrogens with one attached hydrogen (secondary N) is 1. The molecular weight excluding hydrogens is 419 g/mol. The zero-order chi connectivity index (χ0) is 23.2. The fourth-order valence-corrected chi connectivity index (χ4v) is 4.23. The predicted octanol–water partition coefficient (Wildman–Crippen LogP) is 4.15. The summed E-state index contributed by atoms with van der Waals surface area (Å²) in [5.74, 6) is -0.0745. The van der Waals surface area contributed by atoms with Crippen LogP contribution in [0.2, 0.25) is 0 Å². The molecule has 170 valence electrons. The minimum atomic E-state index is -0.299. The second kappa shape index (κ2) is 10.3. The van der Waals surface area contributed by atoms with Gasteiger partial charge in [0.05, 0.1) is 17.3 Å². The van der Waals surface area contributed by atoms with Crippen molar-refractivity contribution in [3.8, 4) is 0 Å². The molecule has 1 atom stereocenters. The van der Waals surface area contributed by atoms with E-state index in [1.165, 1.54) is 12.3 Å². The number of benzene rings is 2. The van der Waals surface area contributed by atoms with Gasteiger partial charge in [0.2, 0.25) is 5.91 Å². The van der Waals surface area contributed by atoms with Gasteiger partial charge in [0.1, 0.15) is 11.6 Å². The predicted molar refractivity (Wildman–Crippen MR) is 123 cm³/mol. The van der Waals surface area contributed by atoms with Crippen LogP contribution in [0.25, 0.3) is 0 Å². The van der Waals surface area contributed by atoms with Crippen LogP contribution in [0.1, 0.15) is 58.3 Å². The molecule has 33 heavy (non-hydrogen) atoms. The smallest absolute Gasteiger partial charge is 0.255 e. The molecule has 7 heteroatoms. The summed E-state index contributed by atoms with van der Waals surface area (Å²) in [5.41, 5.74) is 2.48. The molecule has 1 fully saturated rings. The van der Waals surface area contributed by atoms with Gasteiger partial charge in [-0.15, -0.1) is 0 Å². The zero-order valence-corrected chi connectivity index (χ0v) is 18.6. The molecule has 2 heterocycles. The van der Waals surface area contributed by atoms with Crippen molar-refractivity contribution in [3.63, 3.8) is 0 Å². The van der Waals surface area contributed by atoms with Gasteiger partial charge >= 0.3 is 0 Å². The molecule has 0 saturated carbocycles. The third kappa shape index (κ3) is 5.42. The summed E-state index contributed by atoms with van der Waals surface area (Å²) in [6.07, 6.45) is 3.63. The first-order valence-corrected chi connectivity index (χ1v) is 11.2. The van der Waals surface area contributed by atoms with Crippen molar-refractivity contribution in [1.82, 2.24) is 20.2 Å². The minimum absolute atomic E-state index is 0.0623. The molecule has 1 aliphatic heterocycles. The van der Waals surface area contributed by atoms with Crippen LogP contribution in [0.4, 0.5) is 4.39 Å². The Kier molecular flexibility index (Phi) is 7.07. The van der Waals surface area contributed by atoms with Crippen LogP contribution in [0.5, 0.6) is 0 Å². The van der Waals surface area contributed by atoms with E-state index in [9.17, 15) is 14.0 Å². The molecule has 1 saturated heterocycles. The van der Waals surface area contributed by atoms with Crippen molar-refractivity contribution in [2.45, 2.75) is 45.2 Å². The van der Waals surface area contributed by atoms with Crippen molar-refractivity contribution in [3.05, 3.63) is 94.8 Å². The van der Waals surface area contributed by atoms with Crippen LogP contribution < -0.4 is 5.32 Å². The Morgan fingerprint density at radius 2 is 1.88 bits per heavy atom. The Morgan fingerprint density at radius 3 is 2.67 bits per heavy atom. The number of amides is 2. The number of nitrogens with zero attached hydrogens (tertiary/aromatic N) is 3. The molecule has 1 aliphatic rings. The third-order valence-electron chi connectivity index (χ3n) is 5.93. The Morgan fingerprint density at radius 1 is 1.12 bits per heavy atom. The van der Waals surface area contributed by atoms with Gasteiger partial charge in [-0.25, -0.2) is 14.4 Å². The van der Waals surface area contributed by atoms with Crippen LogP contribution in [-0.4, -0.2) is 33.2 Å². The van der Waals surface area contributed by atoms with E-state index in [0.717, 1.165) is 18.4 Å². The fraction of sp³-hybridized carbons (Fsp3) is 0.308. The van der Waals surface area contributed by atoms with E-state index in [1.54, 1.807) is 30.0 Å². The highest BCUT2D eigenvalue weighted by Crippen LogP contribution is 2.33. The third-order valence-corrected chi connectivity index (χ3v) is 5.93. The molecular formula is C26H27FN4O2. The number of hydrogen-bond donors (Lipinski definition) is 1. The number of halogens is 1. The van der Waals surface area contributed by atoms with Gasteiger partial charge in [-0.3, -0.25) is 9.59 Å². The van der Waals surface area contributed by atoms with E-state index < -0.39 is 0 Å². The lowest BCUT2D eigenvalue weighted by atomic mass is 10.0. The van der Waals surface area contributed by atoms with E-state index in [0.29, 0.717) is 42.2 Å². The fourth-order valence-electron chi connectivity index (χ4n) is 4.23. The number of likely N-dealkylation sites (tertiary alicyclic amines) is 1. The van der Waals surface area contributed by atoms with E-state index in [2.05, 4.69) is 15.3 Å². The first kappa shape index (κ1) is 22.6. The highest BCUT2D eigenvalue weighted by atomic mass is 19.1. The molecule has 6 nitrogen and oxygen atoms in total. The number of carbonyl (C=O) groups is 2. The Labute approximate surface area is 192 Å². The summed E-state index contributed by atoms with van der Waals surface area (Å²) in [7, 11) is 0. The van der Waals surface area contributed by atoms with E-state index >= 15 is 0 Å². The number of aromatic nitrogens is 2. The lowest BCUT2D eigenvalue weighted by molar-refractivity contribution is -0.132. The zero-order valence-electron chi connectivity index (χ0n) is 18.6. The summed E-state index contributed by atoms with van der Waals surface area (Å²) in [5, 5.41) is 2.93. The standard InChI is InChI=1S/C26H27FN4O2/c1-18-28-17-21(26(33)29-16-19-8-3-2-4-9-19)25(30-18)23-12-7-15-31(23)24(32)14-13-20-10-5-6-11-22(20)27/h2-6,8-11,17,23H,7,12-16H2,1H3,(H,29,33). The van der Waals surface area contributed by atoms with Crippen LogP contribution in [0.3, 0.4) is 0 Å². The number of rotatable bonds is 7. The largest absolute Gasteiger partial charge is 0.348 e. The maximum Gasteiger partial charge on any atom is 0.255 e. The maximum atomic E-state index is 14.0. The van der Waals surface area contributed by atoms with Crippen LogP contribution >= 0.6 is 0 Å². The van der Waals surface area contributed by atoms with Crippen molar-refractivity contribution in [1.29, 1.82) is 0 Å². The SMILES string of the molecule is Cc1ncc(C(=O)NCc2ccccc2)c(C2CCCN2C(=O)CCc2ccccc2F)n1. The second-order valence-electron chi connectivity index (χ2n) is 8.22. The molecule has 1 N–H and O–H groups in total. The van der Waals surface area contributed by atoms with Gasteiger partial charge in [0.15, 0.2) is 0 Å². The minimum Gasteiger partial charge on any atom is -0.348 e. The van der Waals surface area contributed by atoms with Crippen LogP contribution in [-0.2, 0) is 17.8 Å². The molecule has 0 spiro atoms. The molecule has 1 aromatic heterocycles. The number of hydrogen-bond acceptors (Lipinski definition) is 4. The van der Waals surface area contributed by atoms with E-state index in [4.69, 9.17) is 0 Å². The average molecular weight is 447 g/mol. The first-order valence-electron chi connectivity index (χ1n) is 11.2. The lowest BCUT2D eigenvalue weighted by Crippen LogP contribution is -2.33. The monoisotopic (exact) mass is 446 g/mol. The molecule has 0 radical (unpaired) electrons. The molecule has 4 rings (SSSR count). The van der Waals surface area contributed by atoms with Gasteiger partial charge in [0.25, 0.3) is 5.91 Å². The Hall–Kier alpha value is -3.61. The summed E-state index contributed by atoms with van der Waals surface area (Å²) in [6, 6.07) is 15.9. The van der Waals surface area contributed by atoms with Gasteiger partial charge in [-0.2, -0.15) is 0 Å². The molecule has 0 aliphatic carbocycles.